The molecule has 0 bridgehead atoms. The van der Waals surface area contributed by atoms with E-state index in [2.05, 4.69) is 49.1 Å². The van der Waals surface area contributed by atoms with Crippen molar-refractivity contribution < 1.29 is 4.79 Å². The van der Waals surface area contributed by atoms with Crippen molar-refractivity contribution in [2.45, 2.75) is 6.92 Å². The van der Waals surface area contributed by atoms with Crippen molar-refractivity contribution in [2.24, 2.45) is 0 Å². The van der Waals surface area contributed by atoms with Gasteiger partial charge in [0.1, 0.15) is 0 Å². The average molecular weight is 362 g/mol. The second-order valence-corrected chi connectivity index (χ2v) is 5.28. The molecule has 92 valence electrons. The largest absolute Gasteiger partial charge is 0.323 e. The van der Waals surface area contributed by atoms with Crippen LogP contribution in [0.15, 0.2) is 33.7 Å². The number of carbonyl (C=O) groups excluding carboxylic acids is 1. The highest BCUT2D eigenvalue weighted by Crippen LogP contribution is 2.32. The molecule has 0 saturated heterocycles. The lowest BCUT2D eigenvalue weighted by Crippen LogP contribution is -2.28. The van der Waals surface area contributed by atoms with Gasteiger partial charge in [0, 0.05) is 15.5 Å². The Morgan fingerprint density at radius 3 is 2.53 bits per heavy atom. The van der Waals surface area contributed by atoms with Crippen LogP contribution in [0.5, 0.6) is 0 Å². The predicted molar refractivity (Wildman–Crippen MR) is 78.3 cm³/mol. The third-order valence-corrected chi connectivity index (χ3v) is 3.28. The van der Waals surface area contributed by atoms with E-state index in [1.807, 2.05) is 19.1 Å². The summed E-state index contributed by atoms with van der Waals surface area (Å²) in [5.41, 5.74) is 1.87. The van der Waals surface area contributed by atoms with Crippen molar-refractivity contribution in [1.82, 2.24) is 5.32 Å². The molecule has 0 aromatic heterocycles. The number of rotatable bonds is 5. The monoisotopic (exact) mass is 360 g/mol. The van der Waals surface area contributed by atoms with Gasteiger partial charge in [-0.05, 0) is 56.5 Å². The number of aryl methyl sites for hydroxylation is 1. The van der Waals surface area contributed by atoms with E-state index in [-0.39, 0.29) is 12.5 Å². The number of hydrogen-bond acceptors (Lipinski definition) is 2. The Hall–Kier alpha value is -0.650. The molecule has 0 aliphatic heterocycles. The molecular formula is C12H14Br2N2O. The van der Waals surface area contributed by atoms with E-state index in [0.29, 0.717) is 6.54 Å². The number of halogens is 2. The molecule has 1 aromatic rings. The summed E-state index contributed by atoms with van der Waals surface area (Å²) in [6.07, 6.45) is 1.71. The van der Waals surface area contributed by atoms with E-state index in [4.69, 9.17) is 0 Å². The lowest BCUT2D eigenvalue weighted by molar-refractivity contribution is -0.115. The summed E-state index contributed by atoms with van der Waals surface area (Å²) >= 11 is 6.85. The van der Waals surface area contributed by atoms with Gasteiger partial charge < -0.3 is 10.6 Å². The summed E-state index contributed by atoms with van der Waals surface area (Å²) in [4.78, 5) is 11.6. The molecule has 0 radical (unpaired) electrons. The smallest absolute Gasteiger partial charge is 0.238 e. The zero-order valence-corrected chi connectivity index (χ0v) is 12.7. The van der Waals surface area contributed by atoms with Gasteiger partial charge in [-0.3, -0.25) is 4.79 Å². The molecule has 0 unspecified atom stereocenters. The maximum Gasteiger partial charge on any atom is 0.238 e. The predicted octanol–water partition coefficient (Wildman–Crippen LogP) is 3.23. The maximum atomic E-state index is 11.6. The second kappa shape index (κ2) is 6.93. The summed E-state index contributed by atoms with van der Waals surface area (Å²) in [6.45, 7) is 6.44. The number of hydrogen-bond donors (Lipinski definition) is 2. The molecule has 0 atom stereocenters. The first-order valence-electron chi connectivity index (χ1n) is 5.11. The van der Waals surface area contributed by atoms with E-state index in [0.717, 1.165) is 20.2 Å². The number of carbonyl (C=O) groups is 1. The Labute approximate surface area is 118 Å². The standard InChI is InChI=1S/C12H14Br2N2O/c1-3-4-15-7-11(17)16-12-9(13)5-8(2)6-10(12)14/h3,5-6,15H,1,4,7H2,2H3,(H,16,17). The van der Waals surface area contributed by atoms with Gasteiger partial charge in [0.15, 0.2) is 0 Å². The van der Waals surface area contributed by atoms with Crippen molar-refractivity contribution in [3.8, 4) is 0 Å². The van der Waals surface area contributed by atoms with Gasteiger partial charge >= 0.3 is 0 Å². The van der Waals surface area contributed by atoms with Gasteiger partial charge in [-0.1, -0.05) is 6.08 Å². The van der Waals surface area contributed by atoms with Gasteiger partial charge in [0.2, 0.25) is 5.91 Å². The van der Waals surface area contributed by atoms with Crippen molar-refractivity contribution in [3.63, 3.8) is 0 Å². The number of benzene rings is 1. The molecular weight excluding hydrogens is 348 g/mol. The van der Waals surface area contributed by atoms with Crippen LogP contribution in [0.25, 0.3) is 0 Å². The molecule has 0 saturated carbocycles. The van der Waals surface area contributed by atoms with E-state index < -0.39 is 0 Å². The van der Waals surface area contributed by atoms with Crippen molar-refractivity contribution in [3.05, 3.63) is 39.3 Å². The highest BCUT2D eigenvalue weighted by molar-refractivity contribution is 9.11. The quantitative estimate of drug-likeness (QED) is 0.624. The molecule has 0 heterocycles. The minimum Gasteiger partial charge on any atom is -0.323 e. The van der Waals surface area contributed by atoms with E-state index in [9.17, 15) is 4.79 Å². The number of amides is 1. The lowest BCUT2D eigenvalue weighted by Gasteiger charge is -2.10. The van der Waals surface area contributed by atoms with Crippen LogP contribution >= 0.6 is 31.9 Å². The molecule has 17 heavy (non-hydrogen) atoms. The Morgan fingerprint density at radius 1 is 1.41 bits per heavy atom. The van der Waals surface area contributed by atoms with Crippen LogP contribution in [0, 0.1) is 6.92 Å². The first-order chi connectivity index (χ1) is 8.04. The lowest BCUT2D eigenvalue weighted by atomic mass is 10.2. The Bertz CT molecular complexity index is 410. The van der Waals surface area contributed by atoms with E-state index in [1.165, 1.54) is 0 Å². The Morgan fingerprint density at radius 2 is 2.00 bits per heavy atom. The zero-order chi connectivity index (χ0) is 12.8. The fourth-order valence-corrected chi connectivity index (χ4v) is 2.90. The van der Waals surface area contributed by atoms with Crippen LogP contribution in [0.1, 0.15) is 5.56 Å². The minimum atomic E-state index is -0.0860. The summed E-state index contributed by atoms with van der Waals surface area (Å²) < 4.78 is 1.72. The molecule has 1 rings (SSSR count). The number of anilines is 1. The summed E-state index contributed by atoms with van der Waals surface area (Å²) in [5.74, 6) is -0.0860. The number of nitrogens with one attached hydrogen (secondary N) is 2. The van der Waals surface area contributed by atoms with Crippen LogP contribution in [-0.2, 0) is 4.79 Å². The van der Waals surface area contributed by atoms with Crippen LogP contribution in [0.2, 0.25) is 0 Å². The first kappa shape index (κ1) is 14.4. The topological polar surface area (TPSA) is 41.1 Å². The normalized spacial score (nSPS) is 10.1. The van der Waals surface area contributed by atoms with E-state index >= 15 is 0 Å². The zero-order valence-electron chi connectivity index (χ0n) is 9.52. The van der Waals surface area contributed by atoms with Crippen molar-refractivity contribution in [2.75, 3.05) is 18.4 Å². The highest BCUT2D eigenvalue weighted by atomic mass is 79.9. The third kappa shape index (κ3) is 4.61. The Kier molecular flexibility index (Phi) is 5.88. The molecule has 5 heteroatoms. The molecule has 0 spiro atoms. The van der Waals surface area contributed by atoms with Gasteiger partial charge in [-0.15, -0.1) is 6.58 Å². The van der Waals surface area contributed by atoms with Crippen LogP contribution < -0.4 is 10.6 Å². The highest BCUT2D eigenvalue weighted by Gasteiger charge is 2.09. The molecule has 0 aliphatic carbocycles. The van der Waals surface area contributed by atoms with Crippen LogP contribution in [0.4, 0.5) is 5.69 Å². The summed E-state index contributed by atoms with van der Waals surface area (Å²) in [6, 6.07) is 3.91. The fraction of sp³-hybridized carbons (Fsp3) is 0.250. The average Bonchev–Trinajstić information content (AvgIpc) is 2.24. The maximum absolute atomic E-state index is 11.6. The third-order valence-electron chi connectivity index (χ3n) is 2.03. The molecule has 0 fully saturated rings. The summed E-state index contributed by atoms with van der Waals surface area (Å²) in [7, 11) is 0. The van der Waals surface area contributed by atoms with Crippen molar-refractivity contribution >= 4 is 43.5 Å². The van der Waals surface area contributed by atoms with Gasteiger partial charge in [-0.2, -0.15) is 0 Å². The van der Waals surface area contributed by atoms with Crippen molar-refractivity contribution in [1.29, 1.82) is 0 Å². The van der Waals surface area contributed by atoms with Gasteiger partial charge in [0.25, 0.3) is 0 Å². The van der Waals surface area contributed by atoms with Crippen LogP contribution in [-0.4, -0.2) is 19.0 Å². The molecule has 0 aliphatic rings. The van der Waals surface area contributed by atoms with Gasteiger partial charge in [0.05, 0.1) is 12.2 Å². The SMILES string of the molecule is C=CCNCC(=O)Nc1c(Br)cc(C)cc1Br. The molecule has 2 N–H and O–H groups in total. The van der Waals surface area contributed by atoms with Gasteiger partial charge in [-0.25, -0.2) is 0 Å². The molecule has 1 aromatic carbocycles. The second-order valence-electron chi connectivity index (χ2n) is 3.57. The first-order valence-corrected chi connectivity index (χ1v) is 6.70. The minimum absolute atomic E-state index is 0.0860. The fourth-order valence-electron chi connectivity index (χ4n) is 1.29. The summed E-state index contributed by atoms with van der Waals surface area (Å²) in [5, 5.41) is 5.78. The Balaban J connectivity index is 2.68. The van der Waals surface area contributed by atoms with E-state index in [1.54, 1.807) is 6.08 Å². The molecule has 3 nitrogen and oxygen atoms in total. The van der Waals surface area contributed by atoms with Crippen LogP contribution in [0.3, 0.4) is 0 Å². The molecule has 1 amide bonds.